The minimum atomic E-state index is 0. The third-order valence-corrected chi connectivity index (χ3v) is 3.64. The highest BCUT2D eigenvalue weighted by Gasteiger charge is 2.26. The van der Waals surface area contributed by atoms with Crippen molar-refractivity contribution in [3.63, 3.8) is 0 Å². The molecule has 0 saturated heterocycles. The summed E-state index contributed by atoms with van der Waals surface area (Å²) in [5.41, 5.74) is 2.28. The number of fused-ring (bicyclic) bond motifs is 1. The van der Waals surface area contributed by atoms with E-state index in [1.165, 1.54) is 18.4 Å². The fraction of sp³-hybridized carbons (Fsp3) is 0.562. The molecule has 0 aromatic heterocycles. The molecule has 0 spiro atoms. The fourth-order valence-corrected chi connectivity index (χ4v) is 2.77. The molecule has 4 heteroatoms. The number of nitrogens with zero attached hydrogens (tertiary/aromatic N) is 2. The molecular weight excluding hydrogens is 272 g/mol. The van der Waals surface area contributed by atoms with Gasteiger partial charge in [-0.3, -0.25) is 4.79 Å². The van der Waals surface area contributed by atoms with Gasteiger partial charge in [-0.05, 0) is 37.6 Å². The van der Waals surface area contributed by atoms with Gasteiger partial charge in [0.1, 0.15) is 0 Å². The van der Waals surface area contributed by atoms with Crippen LogP contribution in [0.5, 0.6) is 0 Å². The zero-order chi connectivity index (χ0) is 13.7. The molecule has 1 aromatic rings. The van der Waals surface area contributed by atoms with Crippen molar-refractivity contribution in [2.75, 3.05) is 31.1 Å². The molecule has 20 heavy (non-hydrogen) atoms. The quantitative estimate of drug-likeness (QED) is 0.772. The van der Waals surface area contributed by atoms with Gasteiger partial charge in [-0.15, -0.1) is 12.4 Å². The fourth-order valence-electron chi connectivity index (χ4n) is 2.77. The van der Waals surface area contributed by atoms with Crippen molar-refractivity contribution in [3.05, 3.63) is 29.8 Å². The summed E-state index contributed by atoms with van der Waals surface area (Å²) in [6.45, 7) is 8.45. The zero-order valence-electron chi connectivity index (χ0n) is 12.5. The van der Waals surface area contributed by atoms with Gasteiger partial charge >= 0.3 is 0 Å². The van der Waals surface area contributed by atoms with Gasteiger partial charge in [-0.25, -0.2) is 0 Å². The van der Waals surface area contributed by atoms with Gasteiger partial charge in [0.15, 0.2) is 0 Å². The van der Waals surface area contributed by atoms with Crippen LogP contribution in [0.4, 0.5) is 5.69 Å². The van der Waals surface area contributed by atoms with E-state index in [0.29, 0.717) is 6.42 Å². The molecule has 0 aliphatic carbocycles. The third kappa shape index (κ3) is 3.97. The Bertz CT molecular complexity index is 430. The highest BCUT2D eigenvalue weighted by atomic mass is 35.5. The van der Waals surface area contributed by atoms with E-state index in [0.717, 1.165) is 31.9 Å². The number of carbonyl (C=O) groups is 1. The topological polar surface area (TPSA) is 23.6 Å². The number of halogens is 1. The minimum absolute atomic E-state index is 0. The first-order chi connectivity index (χ1) is 9.26. The van der Waals surface area contributed by atoms with E-state index < -0.39 is 0 Å². The van der Waals surface area contributed by atoms with Crippen LogP contribution in [-0.4, -0.2) is 37.0 Å². The molecule has 1 aliphatic rings. The van der Waals surface area contributed by atoms with Crippen molar-refractivity contribution < 1.29 is 4.79 Å². The maximum absolute atomic E-state index is 12.1. The summed E-state index contributed by atoms with van der Waals surface area (Å²) in [5.74, 6) is 0.245. The van der Waals surface area contributed by atoms with Gasteiger partial charge in [0.2, 0.25) is 5.91 Å². The molecule has 2 rings (SSSR count). The van der Waals surface area contributed by atoms with Crippen molar-refractivity contribution in [2.24, 2.45) is 0 Å². The molecule has 1 aromatic carbocycles. The minimum Gasteiger partial charge on any atom is -0.311 e. The number of para-hydroxylation sites is 1. The van der Waals surface area contributed by atoms with Gasteiger partial charge in [0.05, 0.1) is 6.42 Å². The normalized spacial score (nSPS) is 13.6. The Kier molecular flexibility index (Phi) is 7.03. The Morgan fingerprint density at radius 3 is 2.40 bits per heavy atom. The van der Waals surface area contributed by atoms with Crippen molar-refractivity contribution in [2.45, 2.75) is 33.1 Å². The molecule has 0 atom stereocenters. The summed E-state index contributed by atoms with van der Waals surface area (Å²) in [7, 11) is 0. The second-order valence-electron chi connectivity index (χ2n) is 5.19. The number of anilines is 1. The Labute approximate surface area is 128 Å². The van der Waals surface area contributed by atoms with Crippen LogP contribution < -0.4 is 4.90 Å². The summed E-state index contributed by atoms with van der Waals surface area (Å²) in [4.78, 5) is 16.5. The Morgan fingerprint density at radius 1 is 1.10 bits per heavy atom. The van der Waals surface area contributed by atoms with E-state index in [1.54, 1.807) is 0 Å². The molecular formula is C16H25ClN2O. The van der Waals surface area contributed by atoms with Crippen molar-refractivity contribution in [1.29, 1.82) is 0 Å². The van der Waals surface area contributed by atoms with Crippen LogP contribution in [-0.2, 0) is 11.2 Å². The van der Waals surface area contributed by atoms with Crippen LogP contribution in [0.25, 0.3) is 0 Å². The number of hydrogen-bond donors (Lipinski definition) is 0. The van der Waals surface area contributed by atoms with Crippen molar-refractivity contribution >= 4 is 24.0 Å². The van der Waals surface area contributed by atoms with Crippen LogP contribution in [0.3, 0.4) is 0 Å². The molecule has 0 bridgehead atoms. The van der Waals surface area contributed by atoms with Crippen LogP contribution in [0.1, 0.15) is 32.3 Å². The van der Waals surface area contributed by atoms with E-state index in [2.05, 4.69) is 30.9 Å². The molecule has 0 unspecified atom stereocenters. The lowest BCUT2D eigenvalue weighted by atomic mass is 10.2. The first kappa shape index (κ1) is 17.0. The first-order valence-electron chi connectivity index (χ1n) is 7.36. The summed E-state index contributed by atoms with van der Waals surface area (Å²) < 4.78 is 0. The van der Waals surface area contributed by atoms with Crippen LogP contribution in [0, 0.1) is 0 Å². The second kappa shape index (κ2) is 8.28. The SMILES string of the molecule is CCCN(CCC)CCN1C(=O)Cc2ccccc21.Cl. The predicted molar refractivity (Wildman–Crippen MR) is 86.8 cm³/mol. The van der Waals surface area contributed by atoms with Gasteiger partial charge in [-0.1, -0.05) is 32.0 Å². The van der Waals surface area contributed by atoms with E-state index >= 15 is 0 Å². The smallest absolute Gasteiger partial charge is 0.231 e. The average molecular weight is 297 g/mol. The molecule has 112 valence electrons. The van der Waals surface area contributed by atoms with Crippen LogP contribution >= 0.6 is 12.4 Å². The Balaban J connectivity index is 0.00000200. The maximum atomic E-state index is 12.1. The van der Waals surface area contributed by atoms with Gasteiger partial charge < -0.3 is 9.80 Å². The first-order valence-corrected chi connectivity index (χ1v) is 7.36. The molecule has 1 heterocycles. The largest absolute Gasteiger partial charge is 0.311 e. The van der Waals surface area contributed by atoms with Crippen molar-refractivity contribution in [3.8, 4) is 0 Å². The summed E-state index contributed by atoms with van der Waals surface area (Å²) >= 11 is 0. The summed E-state index contributed by atoms with van der Waals surface area (Å²) in [6, 6.07) is 8.14. The number of amides is 1. The van der Waals surface area contributed by atoms with E-state index in [4.69, 9.17) is 0 Å². The maximum Gasteiger partial charge on any atom is 0.231 e. The lowest BCUT2D eigenvalue weighted by Gasteiger charge is -2.25. The highest BCUT2D eigenvalue weighted by molar-refractivity contribution is 6.01. The molecule has 0 fully saturated rings. The molecule has 0 radical (unpaired) electrons. The summed E-state index contributed by atoms with van der Waals surface area (Å²) in [6.07, 6.45) is 2.91. The lowest BCUT2D eigenvalue weighted by Crippen LogP contribution is -2.37. The number of benzene rings is 1. The average Bonchev–Trinajstić information content (AvgIpc) is 2.72. The monoisotopic (exact) mass is 296 g/mol. The highest BCUT2D eigenvalue weighted by Crippen LogP contribution is 2.27. The van der Waals surface area contributed by atoms with E-state index in [9.17, 15) is 4.79 Å². The van der Waals surface area contributed by atoms with E-state index in [-0.39, 0.29) is 18.3 Å². The molecule has 3 nitrogen and oxygen atoms in total. The Hall–Kier alpha value is -1.06. The third-order valence-electron chi connectivity index (χ3n) is 3.64. The number of rotatable bonds is 7. The van der Waals surface area contributed by atoms with Gasteiger partial charge in [-0.2, -0.15) is 0 Å². The molecule has 1 amide bonds. The zero-order valence-corrected chi connectivity index (χ0v) is 13.3. The molecule has 1 aliphatic heterocycles. The molecule has 0 saturated carbocycles. The van der Waals surface area contributed by atoms with Gasteiger partial charge in [0, 0.05) is 18.8 Å². The van der Waals surface area contributed by atoms with Crippen LogP contribution in [0.15, 0.2) is 24.3 Å². The number of carbonyl (C=O) groups excluding carboxylic acids is 1. The van der Waals surface area contributed by atoms with E-state index in [1.807, 2.05) is 17.0 Å². The standard InChI is InChI=1S/C16H24N2O.ClH/c1-3-9-17(10-4-2)11-12-18-15-8-6-5-7-14(15)13-16(18)19;/h5-8H,3-4,9-13H2,1-2H3;1H. The predicted octanol–water partition coefficient (Wildman–Crippen LogP) is 3.12. The second-order valence-corrected chi connectivity index (χ2v) is 5.19. The lowest BCUT2D eigenvalue weighted by molar-refractivity contribution is -0.117. The molecule has 0 N–H and O–H groups in total. The van der Waals surface area contributed by atoms with Crippen LogP contribution in [0.2, 0.25) is 0 Å². The van der Waals surface area contributed by atoms with Crippen molar-refractivity contribution in [1.82, 2.24) is 4.90 Å². The van der Waals surface area contributed by atoms with Gasteiger partial charge in [0.25, 0.3) is 0 Å². The Morgan fingerprint density at radius 2 is 1.75 bits per heavy atom. The number of hydrogen-bond acceptors (Lipinski definition) is 2. The summed E-state index contributed by atoms with van der Waals surface area (Å²) in [5, 5.41) is 0.